The van der Waals surface area contributed by atoms with Crippen LogP contribution in [0.1, 0.15) is 27.2 Å². The molecule has 174 valence electrons. The maximum Gasteiger partial charge on any atom is 0.281 e. The van der Waals surface area contributed by atoms with Gasteiger partial charge >= 0.3 is 0 Å². The average molecular weight is 463 g/mol. The molecule has 1 aliphatic carbocycles. The Bertz CT molecular complexity index is 879. The number of benzene rings is 2. The topological polar surface area (TPSA) is 36.9 Å². The molecule has 4 nitrogen and oxygen atoms in total. The van der Waals surface area contributed by atoms with Crippen LogP contribution in [-0.2, 0) is 18.6 Å². The molecular formula is C25H32F2O4Si. The predicted molar refractivity (Wildman–Crippen MR) is 122 cm³/mol. The van der Waals surface area contributed by atoms with Crippen molar-refractivity contribution in [2.24, 2.45) is 5.92 Å². The third-order valence-corrected chi connectivity index (χ3v) is 12.0. The highest BCUT2D eigenvalue weighted by molar-refractivity contribution is 6.99. The van der Waals surface area contributed by atoms with Crippen molar-refractivity contribution in [2.45, 2.75) is 56.1 Å². The smallest absolute Gasteiger partial charge is 0.281 e. The molecule has 1 heterocycles. The van der Waals surface area contributed by atoms with Gasteiger partial charge in [-0.3, -0.25) is 0 Å². The van der Waals surface area contributed by atoms with Gasteiger partial charge in [-0.25, -0.2) is 8.78 Å². The van der Waals surface area contributed by atoms with Gasteiger partial charge in [0.25, 0.3) is 14.2 Å². The van der Waals surface area contributed by atoms with Gasteiger partial charge < -0.3 is 18.6 Å². The lowest BCUT2D eigenvalue weighted by Crippen LogP contribution is -2.69. The fourth-order valence-electron chi connectivity index (χ4n) is 5.60. The third kappa shape index (κ3) is 3.37. The molecule has 2 aromatic carbocycles. The van der Waals surface area contributed by atoms with E-state index in [-0.39, 0.29) is 18.1 Å². The Morgan fingerprint density at radius 3 is 1.91 bits per heavy atom. The van der Waals surface area contributed by atoms with E-state index in [9.17, 15) is 0 Å². The molecule has 1 saturated heterocycles. The molecule has 2 aliphatic rings. The Morgan fingerprint density at radius 1 is 0.938 bits per heavy atom. The molecule has 0 radical (unpaired) electrons. The Balaban J connectivity index is 1.82. The highest BCUT2D eigenvalue weighted by Crippen LogP contribution is 2.58. The van der Waals surface area contributed by atoms with E-state index >= 15 is 8.78 Å². The van der Waals surface area contributed by atoms with Crippen molar-refractivity contribution in [3.05, 3.63) is 60.7 Å². The van der Waals surface area contributed by atoms with E-state index in [1.807, 2.05) is 60.7 Å². The molecule has 1 aliphatic heterocycles. The molecule has 1 unspecified atom stereocenters. The van der Waals surface area contributed by atoms with E-state index in [1.54, 1.807) is 0 Å². The van der Waals surface area contributed by atoms with Crippen molar-refractivity contribution in [1.29, 1.82) is 0 Å². The Morgan fingerprint density at radius 2 is 1.47 bits per heavy atom. The van der Waals surface area contributed by atoms with Gasteiger partial charge in [-0.15, -0.1) is 0 Å². The van der Waals surface area contributed by atoms with Gasteiger partial charge in [-0.1, -0.05) is 81.4 Å². The molecule has 7 heteroatoms. The summed E-state index contributed by atoms with van der Waals surface area (Å²) in [5.41, 5.74) is -1.89. The SMILES string of the molecule is COC1O[C@]2(CO[Si](c3ccccc3)(c3ccccc3)C(C)(C)C)[C@@H](OC)[C@H]1CC2(F)F. The first-order chi connectivity index (χ1) is 15.1. The summed E-state index contributed by atoms with van der Waals surface area (Å²) in [5.74, 6) is -3.62. The number of fused-ring (bicyclic) bond motifs is 2. The lowest BCUT2D eigenvalue weighted by molar-refractivity contribution is -0.285. The van der Waals surface area contributed by atoms with Crippen molar-refractivity contribution < 1.29 is 27.4 Å². The van der Waals surface area contributed by atoms with Gasteiger partial charge in [0.15, 0.2) is 11.9 Å². The molecule has 0 N–H and O–H groups in total. The van der Waals surface area contributed by atoms with Gasteiger partial charge in [-0.05, 0) is 15.4 Å². The summed E-state index contributed by atoms with van der Waals surface area (Å²) in [6.45, 7) is 6.08. The second-order valence-electron chi connectivity index (χ2n) is 9.79. The summed E-state index contributed by atoms with van der Waals surface area (Å²) < 4.78 is 54.5. The highest BCUT2D eigenvalue weighted by atomic mass is 28.4. The first-order valence-electron chi connectivity index (χ1n) is 11.0. The number of ether oxygens (including phenoxy) is 3. The quantitative estimate of drug-likeness (QED) is 0.584. The number of halogens is 2. The zero-order valence-corrected chi connectivity index (χ0v) is 20.3. The molecule has 2 bridgehead atoms. The lowest BCUT2D eigenvalue weighted by Gasteiger charge is -2.46. The van der Waals surface area contributed by atoms with Crippen LogP contribution >= 0.6 is 0 Å². The minimum Gasteiger partial charge on any atom is -0.404 e. The normalized spacial score (nSPS) is 29.4. The predicted octanol–water partition coefficient (Wildman–Crippen LogP) is 3.97. The molecule has 4 atom stereocenters. The summed E-state index contributed by atoms with van der Waals surface area (Å²) in [7, 11) is -0.0729. The minimum atomic E-state index is -3.08. The van der Waals surface area contributed by atoms with E-state index in [2.05, 4.69) is 20.8 Å². The number of methoxy groups -OCH3 is 2. The summed E-state index contributed by atoms with van der Waals surface area (Å²) >= 11 is 0. The zero-order valence-electron chi connectivity index (χ0n) is 19.3. The van der Waals surface area contributed by atoms with Crippen LogP contribution < -0.4 is 10.4 Å². The summed E-state index contributed by atoms with van der Waals surface area (Å²) in [4.78, 5) is 0. The van der Waals surface area contributed by atoms with Crippen LogP contribution in [0.2, 0.25) is 5.04 Å². The molecule has 1 saturated carbocycles. The minimum absolute atomic E-state index is 0.276. The largest absolute Gasteiger partial charge is 0.404 e. The first-order valence-corrected chi connectivity index (χ1v) is 12.9. The van der Waals surface area contributed by atoms with Crippen LogP contribution in [0.5, 0.6) is 0 Å². The molecule has 2 fully saturated rings. The Labute approximate surface area is 190 Å². The van der Waals surface area contributed by atoms with Gasteiger partial charge in [0.05, 0.1) is 6.61 Å². The molecular weight excluding hydrogens is 430 g/mol. The van der Waals surface area contributed by atoms with Crippen molar-refractivity contribution in [3.8, 4) is 0 Å². The number of hydrogen-bond acceptors (Lipinski definition) is 4. The van der Waals surface area contributed by atoms with E-state index in [1.165, 1.54) is 14.2 Å². The van der Waals surface area contributed by atoms with Crippen LogP contribution in [0.25, 0.3) is 0 Å². The molecule has 0 aromatic heterocycles. The maximum atomic E-state index is 15.4. The number of rotatable bonds is 7. The van der Waals surface area contributed by atoms with E-state index in [0.29, 0.717) is 0 Å². The van der Waals surface area contributed by atoms with Crippen molar-refractivity contribution >= 4 is 18.7 Å². The van der Waals surface area contributed by atoms with Crippen LogP contribution in [0.4, 0.5) is 8.78 Å². The third-order valence-electron chi connectivity index (χ3n) is 7.04. The fourth-order valence-corrected chi connectivity index (χ4v) is 10.2. The van der Waals surface area contributed by atoms with Gasteiger partial charge in [0.2, 0.25) is 0 Å². The fraction of sp³-hybridized carbons (Fsp3) is 0.520. The number of alkyl halides is 2. The highest BCUT2D eigenvalue weighted by Gasteiger charge is 2.76. The lowest BCUT2D eigenvalue weighted by atomic mass is 9.98. The summed E-state index contributed by atoms with van der Waals surface area (Å²) in [6.07, 6.45) is -1.88. The average Bonchev–Trinajstić information content (AvgIpc) is 3.19. The van der Waals surface area contributed by atoms with Crippen LogP contribution in [0.3, 0.4) is 0 Å². The molecule has 4 rings (SSSR count). The second-order valence-corrected chi connectivity index (χ2v) is 14.1. The maximum absolute atomic E-state index is 15.4. The van der Waals surface area contributed by atoms with Crippen molar-refractivity contribution in [3.63, 3.8) is 0 Å². The van der Waals surface area contributed by atoms with Crippen molar-refractivity contribution in [1.82, 2.24) is 0 Å². The molecule has 2 aromatic rings. The monoisotopic (exact) mass is 462 g/mol. The molecule has 0 spiro atoms. The van der Waals surface area contributed by atoms with E-state index in [4.69, 9.17) is 18.6 Å². The zero-order chi connectivity index (χ0) is 23.2. The van der Waals surface area contributed by atoms with Crippen LogP contribution in [-0.4, -0.2) is 53.1 Å². The standard InChI is InChI=1S/C25H32F2O4Si/c1-23(2,3)32(18-12-8-6-9-13-18,19-14-10-7-11-15-19)30-17-24-21(28-4)20(16-25(24,26)27)22(29-5)31-24/h6-15,20-22H,16-17H2,1-5H3/t20-,21+,22?,24-/m1/s1. The van der Waals surface area contributed by atoms with Crippen LogP contribution in [0, 0.1) is 5.92 Å². The van der Waals surface area contributed by atoms with Crippen LogP contribution in [0.15, 0.2) is 60.7 Å². The summed E-state index contributed by atoms with van der Waals surface area (Å²) in [5, 5.41) is 1.73. The van der Waals surface area contributed by atoms with E-state index < -0.39 is 38.2 Å². The van der Waals surface area contributed by atoms with Gasteiger partial charge in [0.1, 0.15) is 6.10 Å². The molecule has 0 amide bonds. The van der Waals surface area contributed by atoms with Gasteiger partial charge in [0, 0.05) is 26.6 Å². The van der Waals surface area contributed by atoms with E-state index in [0.717, 1.165) is 10.4 Å². The molecule has 32 heavy (non-hydrogen) atoms. The number of hydrogen-bond donors (Lipinski definition) is 0. The Hall–Kier alpha value is -1.64. The van der Waals surface area contributed by atoms with Crippen molar-refractivity contribution in [2.75, 3.05) is 20.8 Å². The Kier molecular flexibility index (Phi) is 6.09. The second kappa shape index (κ2) is 8.29. The first kappa shape index (κ1) is 23.5. The summed E-state index contributed by atoms with van der Waals surface area (Å²) in [6, 6.07) is 20.0. The van der Waals surface area contributed by atoms with Gasteiger partial charge in [-0.2, -0.15) is 0 Å².